The van der Waals surface area contributed by atoms with E-state index in [1.54, 1.807) is 30.3 Å². The molecular weight excluding hydrogens is 608 g/mol. The summed E-state index contributed by atoms with van der Waals surface area (Å²) in [5.74, 6) is 5.05. The van der Waals surface area contributed by atoms with Crippen LogP contribution in [0.1, 0.15) is 120 Å². The zero-order valence-electron chi connectivity index (χ0n) is 30.6. The van der Waals surface area contributed by atoms with Gasteiger partial charge in [-0.25, -0.2) is 9.59 Å². The highest BCUT2D eigenvalue weighted by molar-refractivity contribution is 5.90. The zero-order chi connectivity index (χ0) is 34.9. The lowest BCUT2D eigenvalue weighted by molar-refractivity contribution is -0.137. The highest BCUT2D eigenvalue weighted by Gasteiger charge is 2.60. The molecule has 4 N–H and O–H groups in total. The standard InChI is InChI=1S/C43H60N2O4/c1-27(2)24-28(3)36-15-16-37-35-14-12-32-25-34(18-21-42(32,4)38(35)19-22-43(36,37)5)49-41(47)31-9-6-29(7-10-31)8-17-40(46)48-23-20-30-11-13-33(44)26-39(30)45/h6-11,13,17,26-28,32,34-38H,12,14-16,18-25,44-45H2,1-5H3/b17-8+. The molecule has 0 amide bonds. The largest absolute Gasteiger partial charge is 0.462 e. The molecule has 2 aromatic carbocycles. The lowest BCUT2D eigenvalue weighted by atomic mass is 9.44. The summed E-state index contributed by atoms with van der Waals surface area (Å²) >= 11 is 0. The fraction of sp³-hybridized carbons (Fsp3) is 0.628. The first-order valence-corrected chi connectivity index (χ1v) is 19.2. The van der Waals surface area contributed by atoms with Crippen molar-refractivity contribution in [2.45, 2.75) is 111 Å². The zero-order valence-corrected chi connectivity index (χ0v) is 30.6. The molecule has 6 nitrogen and oxygen atoms in total. The Balaban J connectivity index is 0.983. The summed E-state index contributed by atoms with van der Waals surface area (Å²) < 4.78 is 11.5. The fourth-order valence-corrected chi connectivity index (χ4v) is 11.5. The molecule has 9 atom stereocenters. The van der Waals surface area contributed by atoms with E-state index in [-0.39, 0.29) is 18.7 Å². The van der Waals surface area contributed by atoms with Crippen molar-refractivity contribution in [1.82, 2.24) is 0 Å². The Kier molecular flexibility index (Phi) is 10.5. The van der Waals surface area contributed by atoms with Crippen molar-refractivity contribution in [2.24, 2.45) is 52.3 Å². The van der Waals surface area contributed by atoms with Gasteiger partial charge in [-0.1, -0.05) is 52.8 Å². The van der Waals surface area contributed by atoms with Gasteiger partial charge in [0.05, 0.1) is 12.2 Å². The van der Waals surface area contributed by atoms with Crippen LogP contribution >= 0.6 is 0 Å². The quantitative estimate of drug-likeness (QED) is 0.148. The topological polar surface area (TPSA) is 105 Å². The summed E-state index contributed by atoms with van der Waals surface area (Å²) in [6.45, 7) is 12.8. The highest BCUT2D eigenvalue weighted by atomic mass is 16.5. The molecule has 0 heterocycles. The van der Waals surface area contributed by atoms with Crippen molar-refractivity contribution < 1.29 is 19.1 Å². The van der Waals surface area contributed by atoms with E-state index < -0.39 is 5.97 Å². The van der Waals surface area contributed by atoms with Crippen LogP contribution in [0, 0.1) is 52.3 Å². The molecule has 4 aliphatic carbocycles. The van der Waals surface area contributed by atoms with Gasteiger partial charge in [-0.05, 0) is 158 Å². The molecule has 0 aliphatic heterocycles. The third-order valence-corrected chi connectivity index (χ3v) is 13.8. The number of anilines is 2. The Hall–Kier alpha value is -3.28. The monoisotopic (exact) mass is 668 g/mol. The smallest absolute Gasteiger partial charge is 0.338 e. The Morgan fingerprint density at radius 2 is 1.63 bits per heavy atom. The minimum absolute atomic E-state index is 0.0124. The number of hydrogen-bond acceptors (Lipinski definition) is 6. The lowest BCUT2D eigenvalue weighted by Crippen LogP contribution is -2.54. The Morgan fingerprint density at radius 3 is 2.37 bits per heavy atom. The first-order valence-electron chi connectivity index (χ1n) is 19.2. The van der Waals surface area contributed by atoms with Gasteiger partial charge in [0.2, 0.25) is 0 Å². The van der Waals surface area contributed by atoms with E-state index in [4.69, 9.17) is 20.9 Å². The third-order valence-electron chi connectivity index (χ3n) is 13.8. The number of hydrogen-bond donors (Lipinski definition) is 2. The minimum Gasteiger partial charge on any atom is -0.462 e. The molecule has 0 bridgehead atoms. The van der Waals surface area contributed by atoms with Crippen molar-refractivity contribution in [1.29, 1.82) is 0 Å². The number of fused-ring (bicyclic) bond motifs is 5. The molecule has 266 valence electrons. The van der Waals surface area contributed by atoms with Gasteiger partial charge < -0.3 is 20.9 Å². The van der Waals surface area contributed by atoms with Crippen LogP contribution in [0.4, 0.5) is 11.4 Å². The van der Waals surface area contributed by atoms with Crippen LogP contribution in [0.15, 0.2) is 48.5 Å². The lowest BCUT2D eigenvalue weighted by Gasteiger charge is -2.61. The van der Waals surface area contributed by atoms with Crippen molar-refractivity contribution in [3.05, 3.63) is 65.2 Å². The van der Waals surface area contributed by atoms with Crippen LogP contribution in [0.2, 0.25) is 0 Å². The number of carbonyl (C=O) groups excluding carboxylic acids is 2. The molecule has 0 aromatic heterocycles. The number of carbonyl (C=O) groups is 2. The van der Waals surface area contributed by atoms with Gasteiger partial charge in [0, 0.05) is 23.9 Å². The number of ether oxygens (including phenoxy) is 2. The normalized spacial score (nSPS) is 33.0. The molecule has 49 heavy (non-hydrogen) atoms. The molecule has 6 heteroatoms. The number of nitrogen functional groups attached to an aromatic ring is 2. The van der Waals surface area contributed by atoms with Crippen LogP contribution < -0.4 is 11.5 Å². The number of benzene rings is 2. The van der Waals surface area contributed by atoms with Crippen LogP contribution in [0.3, 0.4) is 0 Å². The van der Waals surface area contributed by atoms with Gasteiger partial charge in [0.15, 0.2) is 0 Å². The Labute approximate surface area is 294 Å². The maximum atomic E-state index is 13.2. The first kappa shape index (κ1) is 35.5. The fourth-order valence-electron chi connectivity index (χ4n) is 11.5. The van der Waals surface area contributed by atoms with Gasteiger partial charge in [-0.2, -0.15) is 0 Å². The van der Waals surface area contributed by atoms with E-state index in [1.807, 2.05) is 18.2 Å². The van der Waals surface area contributed by atoms with E-state index in [0.717, 1.165) is 59.5 Å². The van der Waals surface area contributed by atoms with Gasteiger partial charge in [-0.3, -0.25) is 0 Å². The summed E-state index contributed by atoms with van der Waals surface area (Å²) in [5, 5.41) is 0. The molecular formula is C43H60N2O4. The van der Waals surface area contributed by atoms with Crippen LogP contribution in [-0.4, -0.2) is 24.6 Å². The van der Waals surface area contributed by atoms with E-state index in [0.29, 0.717) is 40.1 Å². The summed E-state index contributed by atoms with van der Waals surface area (Å²) in [5.41, 5.74) is 16.1. The Morgan fingerprint density at radius 1 is 0.898 bits per heavy atom. The highest BCUT2D eigenvalue weighted by Crippen LogP contribution is 2.68. The van der Waals surface area contributed by atoms with E-state index in [2.05, 4.69) is 34.6 Å². The van der Waals surface area contributed by atoms with E-state index >= 15 is 0 Å². The maximum absolute atomic E-state index is 13.2. The molecule has 2 aromatic rings. The molecule has 4 fully saturated rings. The molecule has 4 aliphatic rings. The summed E-state index contributed by atoms with van der Waals surface area (Å²) in [6, 6.07) is 12.6. The van der Waals surface area contributed by atoms with Gasteiger partial charge in [0.25, 0.3) is 0 Å². The molecule has 0 radical (unpaired) electrons. The number of esters is 2. The molecule has 0 spiro atoms. The van der Waals surface area contributed by atoms with Crippen LogP contribution in [0.5, 0.6) is 0 Å². The second-order valence-electron chi connectivity index (χ2n) is 17.1. The van der Waals surface area contributed by atoms with Gasteiger partial charge in [0.1, 0.15) is 6.10 Å². The van der Waals surface area contributed by atoms with Crippen molar-refractivity contribution >= 4 is 29.4 Å². The SMILES string of the molecule is CC(C)CC(C)C1CCC2C3CCC4CC(OC(=O)c5ccc(/C=C/C(=O)OCCc6ccc(N)cc6N)cc5)CCC4(C)C3CCC12C. The third kappa shape index (κ3) is 7.44. The molecule has 6 rings (SSSR count). The van der Waals surface area contributed by atoms with Crippen molar-refractivity contribution in [3.63, 3.8) is 0 Å². The van der Waals surface area contributed by atoms with Gasteiger partial charge >= 0.3 is 11.9 Å². The summed E-state index contributed by atoms with van der Waals surface area (Å²) in [6.07, 6.45) is 16.4. The maximum Gasteiger partial charge on any atom is 0.338 e. The van der Waals surface area contributed by atoms with Crippen molar-refractivity contribution in [2.75, 3.05) is 18.1 Å². The average Bonchev–Trinajstić information content (AvgIpc) is 3.42. The molecule has 9 unspecified atom stereocenters. The second-order valence-corrected chi connectivity index (χ2v) is 17.1. The molecule has 4 saturated carbocycles. The van der Waals surface area contributed by atoms with E-state index in [1.165, 1.54) is 57.4 Å². The van der Waals surface area contributed by atoms with Crippen LogP contribution in [0.25, 0.3) is 6.08 Å². The van der Waals surface area contributed by atoms with Crippen molar-refractivity contribution in [3.8, 4) is 0 Å². The summed E-state index contributed by atoms with van der Waals surface area (Å²) in [4.78, 5) is 25.5. The minimum atomic E-state index is -0.429. The van der Waals surface area contributed by atoms with Crippen LogP contribution in [-0.2, 0) is 20.7 Å². The Bertz CT molecular complexity index is 1520. The number of rotatable bonds is 10. The predicted octanol–water partition coefficient (Wildman–Crippen LogP) is 9.52. The first-order chi connectivity index (χ1) is 23.4. The predicted molar refractivity (Wildman–Crippen MR) is 198 cm³/mol. The summed E-state index contributed by atoms with van der Waals surface area (Å²) in [7, 11) is 0. The average molecular weight is 669 g/mol. The van der Waals surface area contributed by atoms with Gasteiger partial charge in [-0.15, -0.1) is 0 Å². The van der Waals surface area contributed by atoms with E-state index in [9.17, 15) is 9.59 Å². The molecule has 0 saturated heterocycles. The second kappa shape index (κ2) is 14.5. The number of nitrogens with two attached hydrogens (primary N) is 2.